The molecule has 0 atom stereocenters. The predicted molar refractivity (Wildman–Crippen MR) is 76.2 cm³/mol. The van der Waals surface area contributed by atoms with Crippen molar-refractivity contribution in [2.75, 3.05) is 24.3 Å². The molecule has 4 heteroatoms. The van der Waals surface area contributed by atoms with Crippen LogP contribution in [0.3, 0.4) is 0 Å². The molecule has 0 radical (unpaired) electrons. The molecule has 0 heterocycles. The Bertz CT molecular complexity index is 550. The Morgan fingerprint density at radius 3 is 2.63 bits per heavy atom. The SMILES string of the molecule is CN(C)c1cccc(NCc2cc(O)cc(F)c2)c1. The van der Waals surface area contributed by atoms with Gasteiger partial charge in [-0.25, -0.2) is 4.39 Å². The van der Waals surface area contributed by atoms with E-state index in [-0.39, 0.29) is 5.75 Å². The second-order valence-corrected chi connectivity index (χ2v) is 4.62. The molecule has 0 aliphatic heterocycles. The first-order chi connectivity index (χ1) is 9.04. The Morgan fingerprint density at radius 1 is 1.16 bits per heavy atom. The Morgan fingerprint density at radius 2 is 1.95 bits per heavy atom. The lowest BCUT2D eigenvalue weighted by Crippen LogP contribution is -2.09. The number of nitrogens with one attached hydrogen (secondary N) is 1. The average Bonchev–Trinajstić information content (AvgIpc) is 2.35. The summed E-state index contributed by atoms with van der Waals surface area (Å²) in [6, 6.07) is 12.0. The summed E-state index contributed by atoms with van der Waals surface area (Å²) < 4.78 is 13.1. The number of halogens is 1. The van der Waals surface area contributed by atoms with Gasteiger partial charge in [0.05, 0.1) is 0 Å². The van der Waals surface area contributed by atoms with Crippen molar-refractivity contribution in [2.24, 2.45) is 0 Å². The van der Waals surface area contributed by atoms with Crippen LogP contribution in [0.4, 0.5) is 15.8 Å². The summed E-state index contributed by atoms with van der Waals surface area (Å²) in [4.78, 5) is 2.01. The van der Waals surface area contributed by atoms with Crippen molar-refractivity contribution < 1.29 is 9.50 Å². The van der Waals surface area contributed by atoms with E-state index in [0.29, 0.717) is 12.1 Å². The molecule has 0 aliphatic rings. The fourth-order valence-electron chi connectivity index (χ4n) is 1.83. The molecular weight excluding hydrogens is 243 g/mol. The van der Waals surface area contributed by atoms with Gasteiger partial charge in [0.1, 0.15) is 11.6 Å². The zero-order valence-electron chi connectivity index (χ0n) is 11.0. The highest BCUT2D eigenvalue weighted by Crippen LogP contribution is 2.19. The maximum Gasteiger partial charge on any atom is 0.127 e. The van der Waals surface area contributed by atoms with Crippen molar-refractivity contribution in [3.8, 4) is 5.75 Å². The summed E-state index contributed by atoms with van der Waals surface area (Å²) in [5.74, 6) is -0.488. The maximum absolute atomic E-state index is 13.1. The number of hydrogen-bond donors (Lipinski definition) is 2. The molecule has 0 fully saturated rings. The van der Waals surface area contributed by atoms with Gasteiger partial charge in [-0.15, -0.1) is 0 Å². The number of nitrogens with zero attached hydrogens (tertiary/aromatic N) is 1. The van der Waals surface area contributed by atoms with Crippen molar-refractivity contribution in [3.05, 3.63) is 53.8 Å². The minimum Gasteiger partial charge on any atom is -0.508 e. The standard InChI is InChI=1S/C15H17FN2O/c1-18(2)14-5-3-4-13(9-14)17-10-11-6-12(16)8-15(19)7-11/h3-9,17,19H,10H2,1-2H3. The summed E-state index contributed by atoms with van der Waals surface area (Å²) >= 11 is 0. The van der Waals surface area contributed by atoms with E-state index < -0.39 is 5.82 Å². The van der Waals surface area contributed by atoms with Gasteiger partial charge in [0.25, 0.3) is 0 Å². The van der Waals surface area contributed by atoms with Crippen LogP contribution < -0.4 is 10.2 Å². The lowest BCUT2D eigenvalue weighted by atomic mass is 10.2. The Kier molecular flexibility index (Phi) is 3.90. The van der Waals surface area contributed by atoms with Crippen LogP contribution in [0.2, 0.25) is 0 Å². The fraction of sp³-hybridized carbons (Fsp3) is 0.200. The predicted octanol–water partition coefficient (Wildman–Crippen LogP) is 3.21. The lowest BCUT2D eigenvalue weighted by molar-refractivity contribution is 0.468. The third-order valence-electron chi connectivity index (χ3n) is 2.80. The van der Waals surface area contributed by atoms with E-state index in [1.807, 2.05) is 43.3 Å². The van der Waals surface area contributed by atoms with Gasteiger partial charge in [0.15, 0.2) is 0 Å². The van der Waals surface area contributed by atoms with Crippen LogP contribution in [0.15, 0.2) is 42.5 Å². The monoisotopic (exact) mass is 260 g/mol. The zero-order chi connectivity index (χ0) is 13.8. The summed E-state index contributed by atoms with van der Waals surface area (Å²) in [5.41, 5.74) is 2.75. The first-order valence-electron chi connectivity index (χ1n) is 6.04. The molecule has 2 aromatic carbocycles. The molecule has 0 amide bonds. The van der Waals surface area contributed by atoms with Crippen LogP contribution in [-0.2, 0) is 6.54 Å². The lowest BCUT2D eigenvalue weighted by Gasteiger charge is -2.14. The summed E-state index contributed by atoms with van der Waals surface area (Å²) in [6.45, 7) is 0.461. The molecule has 0 aromatic heterocycles. The van der Waals surface area contributed by atoms with Gasteiger partial charge in [-0.05, 0) is 35.9 Å². The van der Waals surface area contributed by atoms with E-state index in [0.717, 1.165) is 17.4 Å². The molecule has 2 N–H and O–H groups in total. The van der Waals surface area contributed by atoms with Gasteiger partial charge >= 0.3 is 0 Å². The van der Waals surface area contributed by atoms with E-state index in [1.54, 1.807) is 6.07 Å². The van der Waals surface area contributed by atoms with Gasteiger partial charge in [-0.2, -0.15) is 0 Å². The highest BCUT2D eigenvalue weighted by molar-refractivity contribution is 5.57. The molecule has 0 bridgehead atoms. The van der Waals surface area contributed by atoms with E-state index in [1.165, 1.54) is 6.07 Å². The average molecular weight is 260 g/mol. The van der Waals surface area contributed by atoms with Gasteiger partial charge in [0, 0.05) is 38.1 Å². The highest BCUT2D eigenvalue weighted by atomic mass is 19.1. The highest BCUT2D eigenvalue weighted by Gasteiger charge is 2.01. The molecule has 0 saturated heterocycles. The van der Waals surface area contributed by atoms with Crippen LogP contribution in [-0.4, -0.2) is 19.2 Å². The molecular formula is C15H17FN2O. The molecule has 3 nitrogen and oxygen atoms in total. The second-order valence-electron chi connectivity index (χ2n) is 4.62. The molecule has 0 aliphatic carbocycles. The van der Waals surface area contributed by atoms with E-state index in [4.69, 9.17) is 0 Å². The van der Waals surface area contributed by atoms with Crippen LogP contribution >= 0.6 is 0 Å². The molecule has 0 unspecified atom stereocenters. The third-order valence-corrected chi connectivity index (χ3v) is 2.80. The topological polar surface area (TPSA) is 35.5 Å². The normalized spacial score (nSPS) is 10.3. The number of hydrogen-bond acceptors (Lipinski definition) is 3. The van der Waals surface area contributed by atoms with Crippen LogP contribution in [0.1, 0.15) is 5.56 Å². The molecule has 0 saturated carbocycles. The van der Waals surface area contributed by atoms with Crippen molar-refractivity contribution in [2.45, 2.75) is 6.54 Å². The maximum atomic E-state index is 13.1. The Hall–Kier alpha value is -2.23. The largest absolute Gasteiger partial charge is 0.508 e. The van der Waals surface area contributed by atoms with Crippen molar-refractivity contribution in [1.29, 1.82) is 0 Å². The van der Waals surface area contributed by atoms with Gasteiger partial charge < -0.3 is 15.3 Å². The van der Waals surface area contributed by atoms with Crippen LogP contribution in [0, 0.1) is 5.82 Å². The molecule has 2 rings (SSSR count). The smallest absolute Gasteiger partial charge is 0.127 e. The second kappa shape index (κ2) is 5.61. The number of rotatable bonds is 4. The molecule has 0 spiro atoms. The Balaban J connectivity index is 2.07. The minimum atomic E-state index is -0.432. The number of benzene rings is 2. The summed E-state index contributed by atoms with van der Waals surface area (Å²) in [7, 11) is 3.95. The first-order valence-corrected chi connectivity index (χ1v) is 6.04. The number of aromatic hydroxyl groups is 1. The van der Waals surface area contributed by atoms with E-state index in [2.05, 4.69) is 5.32 Å². The van der Waals surface area contributed by atoms with Crippen molar-refractivity contribution >= 4 is 11.4 Å². The van der Waals surface area contributed by atoms with E-state index >= 15 is 0 Å². The quantitative estimate of drug-likeness (QED) is 0.886. The van der Waals surface area contributed by atoms with Gasteiger partial charge in [0.2, 0.25) is 0 Å². The zero-order valence-corrected chi connectivity index (χ0v) is 11.0. The number of phenolic OH excluding ortho intramolecular Hbond substituents is 1. The fourth-order valence-corrected chi connectivity index (χ4v) is 1.83. The van der Waals surface area contributed by atoms with Gasteiger partial charge in [-0.1, -0.05) is 6.07 Å². The molecule has 2 aromatic rings. The number of phenols is 1. The van der Waals surface area contributed by atoms with E-state index in [9.17, 15) is 9.50 Å². The molecule has 19 heavy (non-hydrogen) atoms. The summed E-state index contributed by atoms with van der Waals surface area (Å²) in [6.07, 6.45) is 0. The first kappa shape index (κ1) is 13.2. The minimum absolute atomic E-state index is 0.0566. The van der Waals surface area contributed by atoms with Crippen LogP contribution in [0.5, 0.6) is 5.75 Å². The van der Waals surface area contributed by atoms with Crippen molar-refractivity contribution in [3.63, 3.8) is 0 Å². The Labute approximate surface area is 112 Å². The number of anilines is 2. The molecule has 100 valence electrons. The van der Waals surface area contributed by atoms with Crippen LogP contribution in [0.25, 0.3) is 0 Å². The van der Waals surface area contributed by atoms with Crippen molar-refractivity contribution in [1.82, 2.24) is 0 Å². The summed E-state index contributed by atoms with van der Waals surface area (Å²) in [5, 5.41) is 12.5. The van der Waals surface area contributed by atoms with Gasteiger partial charge in [-0.3, -0.25) is 0 Å². The third kappa shape index (κ3) is 3.61.